The first-order chi connectivity index (χ1) is 9.63. The average molecular weight is 275 g/mol. The molecule has 0 bridgehead atoms. The van der Waals surface area contributed by atoms with Crippen LogP contribution in [0.2, 0.25) is 0 Å². The quantitative estimate of drug-likeness (QED) is 0.912. The highest BCUT2D eigenvalue weighted by atomic mass is 19.1. The Morgan fingerprint density at radius 1 is 1.05 bits per heavy atom. The van der Waals surface area contributed by atoms with E-state index in [0.29, 0.717) is 5.75 Å². The molecule has 2 aromatic carbocycles. The molecule has 2 rings (SSSR count). The van der Waals surface area contributed by atoms with Gasteiger partial charge in [-0.1, -0.05) is 24.3 Å². The Balaban J connectivity index is 1.89. The standard InChI is InChI=1S/C15H14FNO3/c16-13-3-1-2-12(8-13)10-19-14-6-4-11(5-7-14)9-20-15(17)18/h1-8H,9-10H2,(H2,17,18). The van der Waals surface area contributed by atoms with Gasteiger partial charge in [0.15, 0.2) is 0 Å². The molecule has 0 saturated carbocycles. The van der Waals surface area contributed by atoms with Gasteiger partial charge in [0.25, 0.3) is 0 Å². The molecule has 2 aromatic rings. The van der Waals surface area contributed by atoms with Crippen LogP contribution in [0.1, 0.15) is 11.1 Å². The highest BCUT2D eigenvalue weighted by molar-refractivity contribution is 5.64. The monoisotopic (exact) mass is 275 g/mol. The molecule has 5 heteroatoms. The van der Waals surface area contributed by atoms with E-state index in [0.717, 1.165) is 11.1 Å². The van der Waals surface area contributed by atoms with E-state index in [-0.39, 0.29) is 19.0 Å². The maximum atomic E-state index is 13.0. The van der Waals surface area contributed by atoms with E-state index >= 15 is 0 Å². The van der Waals surface area contributed by atoms with Gasteiger partial charge in [-0.05, 0) is 35.4 Å². The van der Waals surface area contributed by atoms with Crippen molar-refractivity contribution >= 4 is 6.09 Å². The molecule has 20 heavy (non-hydrogen) atoms. The van der Waals surface area contributed by atoms with Crippen LogP contribution in [0.3, 0.4) is 0 Å². The normalized spacial score (nSPS) is 10.1. The minimum atomic E-state index is -0.809. The summed E-state index contributed by atoms with van der Waals surface area (Å²) < 4.78 is 23.2. The van der Waals surface area contributed by atoms with Crippen molar-refractivity contribution in [3.8, 4) is 5.75 Å². The summed E-state index contributed by atoms with van der Waals surface area (Å²) in [5.74, 6) is 0.363. The van der Waals surface area contributed by atoms with Crippen molar-refractivity contribution in [3.63, 3.8) is 0 Å². The molecule has 104 valence electrons. The molecular weight excluding hydrogens is 261 g/mol. The fourth-order valence-corrected chi connectivity index (χ4v) is 1.63. The van der Waals surface area contributed by atoms with E-state index in [2.05, 4.69) is 4.74 Å². The smallest absolute Gasteiger partial charge is 0.404 e. The summed E-state index contributed by atoms with van der Waals surface area (Å²) in [4.78, 5) is 10.5. The van der Waals surface area contributed by atoms with Gasteiger partial charge in [-0.15, -0.1) is 0 Å². The molecule has 0 aliphatic carbocycles. The predicted molar refractivity (Wildman–Crippen MR) is 71.5 cm³/mol. The van der Waals surface area contributed by atoms with Crippen LogP contribution in [-0.2, 0) is 18.0 Å². The molecule has 0 aliphatic heterocycles. The van der Waals surface area contributed by atoms with Crippen LogP contribution in [-0.4, -0.2) is 6.09 Å². The number of rotatable bonds is 5. The lowest BCUT2D eigenvalue weighted by molar-refractivity contribution is 0.150. The number of amides is 1. The van der Waals surface area contributed by atoms with E-state index < -0.39 is 6.09 Å². The lowest BCUT2D eigenvalue weighted by atomic mass is 10.2. The molecule has 1 amide bonds. The van der Waals surface area contributed by atoms with Gasteiger partial charge < -0.3 is 15.2 Å². The first-order valence-corrected chi connectivity index (χ1v) is 6.02. The topological polar surface area (TPSA) is 61.6 Å². The van der Waals surface area contributed by atoms with Crippen LogP contribution in [0.5, 0.6) is 5.75 Å². The van der Waals surface area contributed by atoms with Crippen molar-refractivity contribution in [2.75, 3.05) is 0 Å². The van der Waals surface area contributed by atoms with Gasteiger partial charge in [0.1, 0.15) is 24.8 Å². The summed E-state index contributed by atoms with van der Waals surface area (Å²) in [5.41, 5.74) is 6.44. The number of nitrogens with two attached hydrogens (primary N) is 1. The average Bonchev–Trinajstić information content (AvgIpc) is 2.44. The molecule has 0 heterocycles. The summed E-state index contributed by atoms with van der Waals surface area (Å²) >= 11 is 0. The molecule has 4 nitrogen and oxygen atoms in total. The molecule has 2 N–H and O–H groups in total. The number of hydrogen-bond donors (Lipinski definition) is 1. The van der Waals surface area contributed by atoms with Crippen molar-refractivity contribution < 1.29 is 18.7 Å². The van der Waals surface area contributed by atoms with Crippen molar-refractivity contribution in [1.82, 2.24) is 0 Å². The molecule has 0 radical (unpaired) electrons. The van der Waals surface area contributed by atoms with Crippen molar-refractivity contribution in [1.29, 1.82) is 0 Å². The lowest BCUT2D eigenvalue weighted by Crippen LogP contribution is -2.12. The van der Waals surface area contributed by atoms with Gasteiger partial charge >= 0.3 is 6.09 Å². The number of hydrogen-bond acceptors (Lipinski definition) is 3. The van der Waals surface area contributed by atoms with E-state index in [1.807, 2.05) is 0 Å². The Morgan fingerprint density at radius 3 is 2.45 bits per heavy atom. The van der Waals surface area contributed by atoms with Crippen molar-refractivity contribution in [2.45, 2.75) is 13.2 Å². The SMILES string of the molecule is NC(=O)OCc1ccc(OCc2cccc(F)c2)cc1. The molecule has 0 spiro atoms. The number of halogens is 1. The molecule has 0 atom stereocenters. The van der Waals surface area contributed by atoms with Gasteiger partial charge in [0, 0.05) is 0 Å². The van der Waals surface area contributed by atoms with E-state index in [1.54, 1.807) is 36.4 Å². The summed E-state index contributed by atoms with van der Waals surface area (Å²) in [5, 5.41) is 0. The van der Waals surface area contributed by atoms with E-state index in [9.17, 15) is 9.18 Å². The van der Waals surface area contributed by atoms with E-state index in [4.69, 9.17) is 10.5 Å². The van der Waals surface area contributed by atoms with Gasteiger partial charge in [-0.2, -0.15) is 0 Å². The fraction of sp³-hybridized carbons (Fsp3) is 0.133. The van der Waals surface area contributed by atoms with Crippen molar-refractivity contribution in [3.05, 3.63) is 65.5 Å². The maximum Gasteiger partial charge on any atom is 0.404 e. The zero-order valence-electron chi connectivity index (χ0n) is 10.7. The lowest BCUT2D eigenvalue weighted by Gasteiger charge is -2.07. The summed E-state index contributed by atoms with van der Waals surface area (Å²) in [7, 11) is 0. The highest BCUT2D eigenvalue weighted by Crippen LogP contribution is 2.15. The summed E-state index contributed by atoms with van der Waals surface area (Å²) in [6.45, 7) is 0.411. The molecule has 0 fully saturated rings. The number of ether oxygens (including phenoxy) is 2. The minimum Gasteiger partial charge on any atom is -0.489 e. The van der Waals surface area contributed by atoms with Gasteiger partial charge in [-0.3, -0.25) is 0 Å². The van der Waals surface area contributed by atoms with Crippen LogP contribution in [0.25, 0.3) is 0 Å². The van der Waals surface area contributed by atoms with Crippen molar-refractivity contribution in [2.24, 2.45) is 5.73 Å². The number of benzene rings is 2. The molecule has 0 saturated heterocycles. The fourth-order valence-electron chi connectivity index (χ4n) is 1.63. The first kappa shape index (κ1) is 13.9. The van der Waals surface area contributed by atoms with Gasteiger partial charge in [-0.25, -0.2) is 9.18 Å². The van der Waals surface area contributed by atoms with Crippen LogP contribution in [0, 0.1) is 5.82 Å². The number of carbonyl (C=O) groups is 1. The Kier molecular flexibility index (Phi) is 4.55. The Morgan fingerprint density at radius 2 is 1.80 bits per heavy atom. The largest absolute Gasteiger partial charge is 0.489 e. The second-order valence-electron chi connectivity index (χ2n) is 4.17. The van der Waals surface area contributed by atoms with Crippen LogP contribution in [0.15, 0.2) is 48.5 Å². The first-order valence-electron chi connectivity index (χ1n) is 6.02. The van der Waals surface area contributed by atoms with Crippen LogP contribution < -0.4 is 10.5 Å². The molecule has 0 aromatic heterocycles. The maximum absolute atomic E-state index is 13.0. The third-order valence-electron chi connectivity index (χ3n) is 2.60. The van der Waals surface area contributed by atoms with Gasteiger partial charge in [0.2, 0.25) is 0 Å². The number of primary amides is 1. The third-order valence-corrected chi connectivity index (χ3v) is 2.60. The summed E-state index contributed by atoms with van der Waals surface area (Å²) in [6, 6.07) is 13.3. The minimum absolute atomic E-state index is 0.125. The second-order valence-corrected chi connectivity index (χ2v) is 4.17. The third kappa shape index (κ3) is 4.28. The summed E-state index contributed by atoms with van der Waals surface area (Å²) in [6.07, 6.45) is -0.809. The molecular formula is C15H14FNO3. The van der Waals surface area contributed by atoms with Gasteiger partial charge in [0.05, 0.1) is 0 Å². The van der Waals surface area contributed by atoms with E-state index in [1.165, 1.54) is 12.1 Å². The Hall–Kier alpha value is -2.56. The zero-order valence-corrected chi connectivity index (χ0v) is 10.7. The molecule has 0 unspecified atom stereocenters. The second kappa shape index (κ2) is 6.56. The highest BCUT2D eigenvalue weighted by Gasteiger charge is 2.00. The molecule has 0 aliphatic rings. The Labute approximate surface area is 115 Å². The van der Waals surface area contributed by atoms with Crippen LogP contribution >= 0.6 is 0 Å². The number of carbonyl (C=O) groups excluding carboxylic acids is 1. The Bertz CT molecular complexity index is 584. The van der Waals surface area contributed by atoms with Crippen LogP contribution in [0.4, 0.5) is 9.18 Å². The predicted octanol–water partition coefficient (Wildman–Crippen LogP) is 3.00. The zero-order chi connectivity index (χ0) is 14.4.